The minimum atomic E-state index is -0.196. The Hall–Kier alpha value is -2.67. The fourth-order valence-corrected chi connectivity index (χ4v) is 2.84. The van der Waals surface area contributed by atoms with Crippen molar-refractivity contribution in [3.05, 3.63) is 47.0 Å². The second-order valence-electron chi connectivity index (χ2n) is 5.80. The number of para-hydroxylation sites is 1. The average molecular weight is 310 g/mol. The summed E-state index contributed by atoms with van der Waals surface area (Å²) < 4.78 is 1.85. The highest BCUT2D eigenvalue weighted by Gasteiger charge is 2.19. The van der Waals surface area contributed by atoms with Gasteiger partial charge in [-0.15, -0.1) is 0 Å². The Morgan fingerprint density at radius 3 is 2.57 bits per heavy atom. The molecular weight excluding hydrogens is 292 g/mol. The van der Waals surface area contributed by atoms with Gasteiger partial charge in [-0.2, -0.15) is 4.98 Å². The molecule has 3 heterocycles. The van der Waals surface area contributed by atoms with Gasteiger partial charge in [-0.05, 0) is 19.2 Å². The average Bonchev–Trinajstić information content (AvgIpc) is 3.01. The van der Waals surface area contributed by atoms with Gasteiger partial charge in [0.25, 0.3) is 5.56 Å². The number of hydrogen-bond donors (Lipinski definition) is 1. The topological polar surface area (TPSA) is 70.1 Å². The SMILES string of the molecule is CN1CCN(c2nc3c(ncn3-c3ccccc3)c(=O)[nH]2)CC1. The lowest BCUT2D eigenvalue weighted by Crippen LogP contribution is -2.45. The van der Waals surface area contributed by atoms with Crippen LogP contribution in [0.4, 0.5) is 5.95 Å². The summed E-state index contributed by atoms with van der Waals surface area (Å²) in [5, 5.41) is 0. The minimum absolute atomic E-state index is 0.196. The number of nitrogens with one attached hydrogen (secondary N) is 1. The molecule has 1 saturated heterocycles. The Balaban J connectivity index is 1.81. The highest BCUT2D eigenvalue weighted by molar-refractivity contribution is 5.73. The maximum absolute atomic E-state index is 12.3. The molecule has 7 heteroatoms. The van der Waals surface area contributed by atoms with Crippen LogP contribution in [0.1, 0.15) is 0 Å². The first-order valence-electron chi connectivity index (χ1n) is 7.68. The van der Waals surface area contributed by atoms with E-state index < -0.39 is 0 Å². The van der Waals surface area contributed by atoms with Crippen LogP contribution in [0.25, 0.3) is 16.9 Å². The summed E-state index contributed by atoms with van der Waals surface area (Å²) in [7, 11) is 2.10. The highest BCUT2D eigenvalue weighted by atomic mass is 16.1. The van der Waals surface area contributed by atoms with Crippen molar-refractivity contribution in [3.63, 3.8) is 0 Å². The third kappa shape index (κ3) is 2.49. The van der Waals surface area contributed by atoms with E-state index in [1.54, 1.807) is 6.33 Å². The van der Waals surface area contributed by atoms with Crippen molar-refractivity contribution in [2.24, 2.45) is 0 Å². The molecule has 0 unspecified atom stereocenters. The van der Waals surface area contributed by atoms with Crippen molar-refractivity contribution in [3.8, 4) is 5.69 Å². The van der Waals surface area contributed by atoms with E-state index in [0.29, 0.717) is 17.1 Å². The molecule has 3 aromatic rings. The van der Waals surface area contributed by atoms with E-state index in [1.807, 2.05) is 34.9 Å². The van der Waals surface area contributed by atoms with Gasteiger partial charge in [-0.3, -0.25) is 14.3 Å². The van der Waals surface area contributed by atoms with E-state index >= 15 is 0 Å². The number of nitrogens with zero attached hydrogens (tertiary/aromatic N) is 5. The number of benzene rings is 1. The van der Waals surface area contributed by atoms with Gasteiger partial charge in [0.15, 0.2) is 11.2 Å². The van der Waals surface area contributed by atoms with Gasteiger partial charge < -0.3 is 9.80 Å². The molecule has 0 spiro atoms. The summed E-state index contributed by atoms with van der Waals surface area (Å²) in [6.07, 6.45) is 1.65. The molecule has 0 radical (unpaired) electrons. The van der Waals surface area contributed by atoms with Gasteiger partial charge in [0.05, 0.1) is 0 Å². The van der Waals surface area contributed by atoms with E-state index in [0.717, 1.165) is 31.9 Å². The molecule has 4 rings (SSSR count). The maximum Gasteiger partial charge on any atom is 0.280 e. The number of rotatable bonds is 2. The van der Waals surface area contributed by atoms with Crippen LogP contribution >= 0.6 is 0 Å². The van der Waals surface area contributed by atoms with Crippen molar-refractivity contribution < 1.29 is 0 Å². The van der Waals surface area contributed by atoms with Crippen molar-refractivity contribution in [1.29, 1.82) is 0 Å². The molecule has 0 atom stereocenters. The number of anilines is 1. The first-order valence-corrected chi connectivity index (χ1v) is 7.68. The number of hydrogen-bond acceptors (Lipinski definition) is 5. The van der Waals surface area contributed by atoms with Crippen molar-refractivity contribution in [2.45, 2.75) is 0 Å². The molecule has 2 aromatic heterocycles. The van der Waals surface area contributed by atoms with Gasteiger partial charge in [0.2, 0.25) is 5.95 Å². The second-order valence-corrected chi connectivity index (χ2v) is 5.80. The van der Waals surface area contributed by atoms with Crippen molar-refractivity contribution in [2.75, 3.05) is 38.1 Å². The van der Waals surface area contributed by atoms with Crippen LogP contribution in [0.5, 0.6) is 0 Å². The molecule has 1 N–H and O–H groups in total. The van der Waals surface area contributed by atoms with Crippen LogP contribution in [0.2, 0.25) is 0 Å². The van der Waals surface area contributed by atoms with Crippen LogP contribution in [0, 0.1) is 0 Å². The van der Waals surface area contributed by atoms with E-state index in [2.05, 4.69) is 31.8 Å². The van der Waals surface area contributed by atoms with E-state index in [9.17, 15) is 4.79 Å². The van der Waals surface area contributed by atoms with Gasteiger partial charge >= 0.3 is 0 Å². The molecule has 1 aromatic carbocycles. The van der Waals surface area contributed by atoms with Crippen molar-refractivity contribution in [1.82, 2.24) is 24.4 Å². The molecule has 0 amide bonds. The summed E-state index contributed by atoms with van der Waals surface area (Å²) in [5.41, 5.74) is 1.71. The molecule has 0 bridgehead atoms. The zero-order valence-electron chi connectivity index (χ0n) is 12.9. The standard InChI is InChI=1S/C16H18N6O/c1-20-7-9-21(10-8-20)16-18-14-13(15(23)19-16)17-11-22(14)12-5-3-2-4-6-12/h2-6,11H,7-10H2,1H3,(H,18,19,23). The number of aromatic nitrogens is 4. The summed E-state index contributed by atoms with van der Waals surface area (Å²) in [4.78, 5) is 28.5. The first kappa shape index (κ1) is 14.0. The largest absolute Gasteiger partial charge is 0.340 e. The Kier molecular flexibility index (Phi) is 3.34. The number of piperazine rings is 1. The van der Waals surface area contributed by atoms with Crippen LogP contribution in [0.15, 0.2) is 41.5 Å². The molecule has 0 aliphatic carbocycles. The van der Waals surface area contributed by atoms with Crippen LogP contribution in [0.3, 0.4) is 0 Å². The number of aromatic amines is 1. The van der Waals surface area contributed by atoms with Gasteiger partial charge in [-0.1, -0.05) is 18.2 Å². The maximum atomic E-state index is 12.3. The quantitative estimate of drug-likeness (QED) is 0.760. The third-order valence-electron chi connectivity index (χ3n) is 4.23. The molecular formula is C16H18N6O. The number of likely N-dealkylation sites (N-methyl/N-ethyl adjacent to an activating group) is 1. The fraction of sp³-hybridized carbons (Fsp3) is 0.312. The zero-order valence-corrected chi connectivity index (χ0v) is 12.9. The predicted molar refractivity (Wildman–Crippen MR) is 89.2 cm³/mol. The molecule has 118 valence electrons. The van der Waals surface area contributed by atoms with E-state index in [-0.39, 0.29) is 5.56 Å². The number of H-pyrrole nitrogens is 1. The Labute approximate surface area is 133 Å². The fourth-order valence-electron chi connectivity index (χ4n) is 2.84. The molecule has 1 aliphatic rings. The summed E-state index contributed by atoms with van der Waals surface area (Å²) in [6.45, 7) is 3.62. The lowest BCUT2D eigenvalue weighted by Gasteiger charge is -2.32. The smallest absolute Gasteiger partial charge is 0.280 e. The lowest BCUT2D eigenvalue weighted by atomic mass is 10.3. The lowest BCUT2D eigenvalue weighted by molar-refractivity contribution is 0.311. The molecule has 23 heavy (non-hydrogen) atoms. The third-order valence-corrected chi connectivity index (χ3v) is 4.23. The molecule has 0 saturated carbocycles. The first-order chi connectivity index (χ1) is 11.2. The summed E-state index contributed by atoms with van der Waals surface area (Å²) in [6, 6.07) is 9.81. The predicted octanol–water partition coefficient (Wildman–Crippen LogP) is 0.861. The Morgan fingerprint density at radius 1 is 1.09 bits per heavy atom. The summed E-state index contributed by atoms with van der Waals surface area (Å²) >= 11 is 0. The minimum Gasteiger partial charge on any atom is -0.340 e. The van der Waals surface area contributed by atoms with Crippen LogP contribution in [-0.2, 0) is 0 Å². The van der Waals surface area contributed by atoms with Gasteiger partial charge in [0, 0.05) is 31.9 Å². The Bertz CT molecular complexity index is 876. The zero-order chi connectivity index (χ0) is 15.8. The number of fused-ring (bicyclic) bond motifs is 1. The van der Waals surface area contributed by atoms with Gasteiger partial charge in [0.1, 0.15) is 6.33 Å². The normalized spacial score (nSPS) is 16.1. The Morgan fingerprint density at radius 2 is 1.83 bits per heavy atom. The molecule has 1 fully saturated rings. The van der Waals surface area contributed by atoms with Crippen molar-refractivity contribution >= 4 is 17.1 Å². The number of imidazole rings is 1. The highest BCUT2D eigenvalue weighted by Crippen LogP contribution is 2.16. The van der Waals surface area contributed by atoms with E-state index in [4.69, 9.17) is 0 Å². The second kappa shape index (κ2) is 5.51. The monoisotopic (exact) mass is 310 g/mol. The van der Waals surface area contributed by atoms with E-state index in [1.165, 1.54) is 0 Å². The van der Waals surface area contributed by atoms with Crippen LogP contribution < -0.4 is 10.5 Å². The molecule has 1 aliphatic heterocycles. The summed E-state index contributed by atoms with van der Waals surface area (Å²) in [5.74, 6) is 0.619. The molecule has 7 nitrogen and oxygen atoms in total. The van der Waals surface area contributed by atoms with Gasteiger partial charge in [-0.25, -0.2) is 4.98 Å². The van der Waals surface area contributed by atoms with Crippen LogP contribution in [-0.4, -0.2) is 57.6 Å².